The zero-order valence-electron chi connectivity index (χ0n) is 16.5. The molecule has 2 aromatic carbocycles. The minimum atomic E-state index is -0.579. The number of hydrazone groups is 1. The monoisotopic (exact) mass is 449 g/mol. The summed E-state index contributed by atoms with van der Waals surface area (Å²) in [7, 11) is 0. The van der Waals surface area contributed by atoms with Gasteiger partial charge in [0.1, 0.15) is 11.0 Å². The van der Waals surface area contributed by atoms with Crippen LogP contribution in [-0.2, 0) is 0 Å². The third-order valence-electron chi connectivity index (χ3n) is 5.42. The Morgan fingerprint density at radius 1 is 1.16 bits per heavy atom. The molecule has 3 heterocycles. The average Bonchev–Trinajstić information content (AvgIpc) is 3.44. The molecule has 0 aliphatic carbocycles. The number of hydrogen-bond donors (Lipinski definition) is 0. The maximum atomic E-state index is 14.4. The second kappa shape index (κ2) is 7.87. The molecule has 5 rings (SSSR count). The Kier molecular flexibility index (Phi) is 5.04. The Morgan fingerprint density at radius 3 is 2.77 bits per heavy atom. The van der Waals surface area contributed by atoms with Crippen molar-refractivity contribution in [3.8, 4) is 0 Å². The number of para-hydroxylation sites is 1. The van der Waals surface area contributed by atoms with E-state index in [0.717, 1.165) is 27.1 Å². The van der Waals surface area contributed by atoms with Crippen LogP contribution in [0.15, 0.2) is 71.1 Å². The average molecular weight is 450 g/mol. The maximum absolute atomic E-state index is 14.4. The van der Waals surface area contributed by atoms with Crippen LogP contribution in [0.3, 0.4) is 0 Å². The summed E-state index contributed by atoms with van der Waals surface area (Å²) in [5, 5.41) is 9.16. The summed E-state index contributed by atoms with van der Waals surface area (Å²) in [5.41, 5.74) is 3.28. The van der Waals surface area contributed by atoms with Crippen LogP contribution >= 0.6 is 22.9 Å². The number of benzene rings is 2. The van der Waals surface area contributed by atoms with Crippen molar-refractivity contribution < 1.29 is 9.18 Å². The van der Waals surface area contributed by atoms with E-state index in [1.807, 2.05) is 48.7 Å². The molecule has 154 valence electrons. The lowest BCUT2D eigenvalue weighted by Gasteiger charge is -2.23. The first-order valence-electron chi connectivity index (χ1n) is 9.78. The number of thiophene rings is 1. The number of aryl methyl sites for hydroxylation is 1. The second-order valence-corrected chi connectivity index (χ2v) is 8.69. The van der Waals surface area contributed by atoms with Gasteiger partial charge in [0.15, 0.2) is 0 Å². The van der Waals surface area contributed by atoms with E-state index in [2.05, 4.69) is 10.1 Å². The Labute approximate surface area is 187 Å². The molecule has 0 spiro atoms. The summed E-state index contributed by atoms with van der Waals surface area (Å²) >= 11 is 8.15. The fourth-order valence-electron chi connectivity index (χ4n) is 3.86. The molecule has 1 atom stereocenters. The summed E-state index contributed by atoms with van der Waals surface area (Å²) < 4.78 is 14.4. The van der Waals surface area contributed by atoms with Crippen LogP contribution in [0.4, 0.5) is 4.39 Å². The van der Waals surface area contributed by atoms with E-state index in [9.17, 15) is 9.18 Å². The van der Waals surface area contributed by atoms with Crippen molar-refractivity contribution in [3.63, 3.8) is 0 Å². The molecule has 7 heteroatoms. The van der Waals surface area contributed by atoms with Gasteiger partial charge in [-0.05, 0) is 42.1 Å². The third-order valence-corrected chi connectivity index (χ3v) is 6.64. The number of hydrogen-bond acceptors (Lipinski definition) is 4. The third kappa shape index (κ3) is 3.52. The molecule has 1 amide bonds. The van der Waals surface area contributed by atoms with Crippen molar-refractivity contribution in [2.24, 2.45) is 5.10 Å². The molecule has 31 heavy (non-hydrogen) atoms. The molecule has 0 N–H and O–H groups in total. The van der Waals surface area contributed by atoms with E-state index in [1.54, 1.807) is 23.5 Å². The quantitative estimate of drug-likeness (QED) is 0.340. The SMILES string of the molecule is Cc1cccc2cc([C@@H]3CC(c4cccs4)=NN3C(=O)c3ccccc3F)c(Cl)nc12. The normalized spacial score (nSPS) is 16.0. The van der Waals surface area contributed by atoms with Gasteiger partial charge < -0.3 is 0 Å². The van der Waals surface area contributed by atoms with E-state index in [1.165, 1.54) is 17.1 Å². The van der Waals surface area contributed by atoms with Crippen LogP contribution in [0, 0.1) is 12.7 Å². The lowest BCUT2D eigenvalue weighted by molar-refractivity contribution is 0.0706. The summed E-state index contributed by atoms with van der Waals surface area (Å²) in [6.45, 7) is 1.98. The number of rotatable bonds is 3. The fourth-order valence-corrected chi connectivity index (χ4v) is 4.85. The molecule has 1 aliphatic heterocycles. The van der Waals surface area contributed by atoms with Crippen molar-refractivity contribution in [1.29, 1.82) is 0 Å². The largest absolute Gasteiger partial charge is 0.277 e. The predicted molar refractivity (Wildman–Crippen MR) is 122 cm³/mol. The topological polar surface area (TPSA) is 45.6 Å². The highest BCUT2D eigenvalue weighted by Gasteiger charge is 2.36. The second-order valence-electron chi connectivity index (χ2n) is 7.39. The van der Waals surface area contributed by atoms with Gasteiger partial charge in [-0.15, -0.1) is 11.3 Å². The van der Waals surface area contributed by atoms with Crippen LogP contribution in [0.25, 0.3) is 10.9 Å². The molecule has 0 radical (unpaired) electrons. The van der Waals surface area contributed by atoms with Crippen LogP contribution in [0.5, 0.6) is 0 Å². The summed E-state index contributed by atoms with van der Waals surface area (Å²) in [6.07, 6.45) is 0.472. The number of carbonyl (C=O) groups excluding carboxylic acids is 1. The Balaban J connectivity index is 1.63. The summed E-state index contributed by atoms with van der Waals surface area (Å²) in [4.78, 5) is 18.9. The first-order valence-corrected chi connectivity index (χ1v) is 11.0. The first kappa shape index (κ1) is 19.8. The Morgan fingerprint density at radius 2 is 2.00 bits per heavy atom. The van der Waals surface area contributed by atoms with Crippen LogP contribution in [0.1, 0.15) is 38.8 Å². The standard InChI is InChI=1S/C24H17ClFN3OS/c1-14-6-4-7-15-12-17(23(25)27-22(14)15)20-13-19(21-10-5-11-31-21)28-29(20)24(30)16-8-2-3-9-18(16)26/h2-12,20H,13H2,1H3/t20-/m0/s1. The Bertz CT molecular complexity index is 1340. The van der Waals surface area contributed by atoms with E-state index >= 15 is 0 Å². The molecule has 1 aliphatic rings. The lowest BCUT2D eigenvalue weighted by atomic mass is 9.99. The van der Waals surface area contributed by atoms with Gasteiger partial charge in [0, 0.05) is 17.4 Å². The van der Waals surface area contributed by atoms with Gasteiger partial charge in [-0.1, -0.05) is 48.0 Å². The molecule has 0 saturated carbocycles. The number of fused-ring (bicyclic) bond motifs is 1. The van der Waals surface area contributed by atoms with Crippen molar-refractivity contribution >= 4 is 45.5 Å². The van der Waals surface area contributed by atoms with E-state index in [-0.39, 0.29) is 5.56 Å². The minimum absolute atomic E-state index is 0.0237. The van der Waals surface area contributed by atoms with Gasteiger partial charge in [0.2, 0.25) is 0 Å². The van der Waals surface area contributed by atoms with E-state index in [4.69, 9.17) is 11.6 Å². The van der Waals surface area contributed by atoms with Gasteiger partial charge >= 0.3 is 0 Å². The summed E-state index contributed by atoms with van der Waals surface area (Å²) in [6, 6.07) is 17.2. The number of amides is 1. The number of carbonyl (C=O) groups is 1. The highest BCUT2D eigenvalue weighted by Crippen LogP contribution is 2.39. The molecule has 0 saturated heterocycles. The van der Waals surface area contributed by atoms with Gasteiger partial charge in [-0.2, -0.15) is 5.10 Å². The van der Waals surface area contributed by atoms with E-state index in [0.29, 0.717) is 17.1 Å². The lowest BCUT2D eigenvalue weighted by Crippen LogP contribution is -2.28. The van der Waals surface area contributed by atoms with Crippen molar-refractivity contribution in [1.82, 2.24) is 9.99 Å². The molecule has 4 nitrogen and oxygen atoms in total. The van der Waals surface area contributed by atoms with Gasteiger partial charge in [0.25, 0.3) is 5.91 Å². The van der Waals surface area contributed by atoms with Gasteiger partial charge in [0.05, 0.1) is 27.7 Å². The molecular weight excluding hydrogens is 433 g/mol. The number of halogens is 2. The maximum Gasteiger partial charge on any atom is 0.277 e. The molecule has 0 bridgehead atoms. The van der Waals surface area contributed by atoms with Gasteiger partial charge in [-0.3, -0.25) is 4.79 Å². The van der Waals surface area contributed by atoms with Crippen molar-refractivity contribution in [3.05, 3.63) is 98.6 Å². The molecule has 4 aromatic rings. The molecule has 2 aromatic heterocycles. The summed E-state index contributed by atoms with van der Waals surface area (Å²) in [5.74, 6) is -1.08. The zero-order valence-corrected chi connectivity index (χ0v) is 18.1. The molecular formula is C24H17ClFN3OS. The minimum Gasteiger partial charge on any atom is -0.267 e. The van der Waals surface area contributed by atoms with Crippen LogP contribution in [0.2, 0.25) is 5.15 Å². The van der Waals surface area contributed by atoms with Crippen molar-refractivity contribution in [2.75, 3.05) is 0 Å². The number of pyridine rings is 1. The predicted octanol–water partition coefficient (Wildman–Crippen LogP) is 6.39. The van der Waals surface area contributed by atoms with Crippen molar-refractivity contribution in [2.45, 2.75) is 19.4 Å². The molecule has 0 fully saturated rings. The number of aromatic nitrogens is 1. The number of nitrogens with zero attached hydrogens (tertiary/aromatic N) is 3. The molecule has 0 unspecified atom stereocenters. The smallest absolute Gasteiger partial charge is 0.267 e. The van der Waals surface area contributed by atoms with Crippen LogP contribution in [-0.4, -0.2) is 21.6 Å². The zero-order chi connectivity index (χ0) is 21.5. The van der Waals surface area contributed by atoms with Gasteiger partial charge in [-0.25, -0.2) is 14.4 Å². The fraction of sp³-hybridized carbons (Fsp3) is 0.125. The first-order chi connectivity index (χ1) is 15.0. The Hall–Kier alpha value is -3.09. The highest BCUT2D eigenvalue weighted by atomic mass is 35.5. The van der Waals surface area contributed by atoms with E-state index < -0.39 is 17.8 Å². The van der Waals surface area contributed by atoms with Crippen LogP contribution < -0.4 is 0 Å². The highest BCUT2D eigenvalue weighted by molar-refractivity contribution is 7.12.